The maximum Gasteiger partial charge on any atom is 0.337 e. The van der Waals surface area contributed by atoms with E-state index in [9.17, 15) is 4.79 Å². The number of carbonyl (C=O) groups excluding carboxylic acids is 1. The smallest absolute Gasteiger partial charge is 0.337 e. The minimum Gasteiger partial charge on any atom is -0.465 e. The lowest BCUT2D eigenvalue weighted by Crippen LogP contribution is -2.09. The van der Waals surface area contributed by atoms with E-state index in [-0.39, 0.29) is 5.97 Å². The summed E-state index contributed by atoms with van der Waals surface area (Å²) < 4.78 is 6.58. The number of hydrogen-bond acceptors (Lipinski definition) is 7. The van der Waals surface area contributed by atoms with Gasteiger partial charge in [-0.15, -0.1) is 0 Å². The van der Waals surface area contributed by atoms with Gasteiger partial charge in [-0.3, -0.25) is 0 Å². The zero-order chi connectivity index (χ0) is 23.5. The van der Waals surface area contributed by atoms with Gasteiger partial charge in [0.15, 0.2) is 11.5 Å². The molecule has 0 saturated carbocycles. The van der Waals surface area contributed by atoms with E-state index in [0.29, 0.717) is 17.9 Å². The Morgan fingerprint density at radius 2 is 1.76 bits per heavy atom. The number of methoxy groups -OCH3 is 1. The van der Waals surface area contributed by atoms with Gasteiger partial charge >= 0.3 is 5.97 Å². The Balaban J connectivity index is 1.71. The molecule has 0 aliphatic rings. The molecule has 0 unspecified atom stereocenters. The second-order valence-corrected chi connectivity index (χ2v) is 8.00. The molecule has 0 radical (unpaired) electrons. The number of esters is 1. The van der Waals surface area contributed by atoms with Crippen LogP contribution in [0.15, 0.2) is 48.5 Å². The van der Waals surface area contributed by atoms with Gasteiger partial charge in [0.05, 0.1) is 23.8 Å². The predicted octanol–water partition coefficient (Wildman–Crippen LogP) is 4.06. The van der Waals surface area contributed by atoms with Gasteiger partial charge < -0.3 is 15.0 Å². The highest BCUT2D eigenvalue weighted by atomic mass is 16.5. The van der Waals surface area contributed by atoms with E-state index < -0.39 is 0 Å². The van der Waals surface area contributed by atoms with Crippen molar-refractivity contribution in [3.63, 3.8) is 0 Å². The van der Waals surface area contributed by atoms with Crippen LogP contribution in [0.2, 0.25) is 0 Å². The van der Waals surface area contributed by atoms with Crippen LogP contribution in [0.3, 0.4) is 0 Å². The van der Waals surface area contributed by atoms with E-state index in [1.807, 2.05) is 33.3 Å². The van der Waals surface area contributed by atoms with Crippen molar-refractivity contribution in [1.82, 2.24) is 19.7 Å². The van der Waals surface area contributed by atoms with E-state index in [2.05, 4.69) is 46.5 Å². The first kappa shape index (κ1) is 22.3. The summed E-state index contributed by atoms with van der Waals surface area (Å²) in [5.74, 6) is 0.934. The topological polar surface area (TPSA) is 85.2 Å². The Hall–Kier alpha value is -3.94. The Kier molecular flexibility index (Phi) is 6.26. The number of benzene rings is 2. The van der Waals surface area contributed by atoms with Crippen LogP contribution in [0, 0.1) is 0 Å². The number of nitrogens with zero attached hydrogens (tertiary/aromatic N) is 5. The Morgan fingerprint density at radius 3 is 2.36 bits per heavy atom. The maximum atomic E-state index is 11.8. The fourth-order valence-electron chi connectivity index (χ4n) is 3.70. The quantitative estimate of drug-likeness (QED) is 0.430. The summed E-state index contributed by atoms with van der Waals surface area (Å²) in [6.45, 7) is 2.70. The van der Waals surface area contributed by atoms with Crippen LogP contribution in [-0.4, -0.2) is 46.9 Å². The zero-order valence-corrected chi connectivity index (χ0v) is 19.6. The predicted molar refractivity (Wildman–Crippen MR) is 131 cm³/mol. The van der Waals surface area contributed by atoms with Gasteiger partial charge in [0, 0.05) is 38.9 Å². The van der Waals surface area contributed by atoms with Crippen LogP contribution in [0.1, 0.15) is 28.5 Å². The average Bonchev–Trinajstić information content (AvgIpc) is 3.18. The summed E-state index contributed by atoms with van der Waals surface area (Å²) in [5.41, 5.74) is 5.31. The molecule has 170 valence electrons. The second-order valence-electron chi connectivity index (χ2n) is 8.00. The van der Waals surface area contributed by atoms with Gasteiger partial charge in [-0.05, 0) is 36.2 Å². The number of aryl methyl sites for hydroxylation is 2. The average molecular weight is 445 g/mol. The van der Waals surface area contributed by atoms with Crippen molar-refractivity contribution in [2.75, 3.05) is 31.4 Å². The molecular weight excluding hydrogens is 416 g/mol. The number of anilines is 2. The van der Waals surface area contributed by atoms with Crippen LogP contribution < -0.4 is 10.2 Å². The van der Waals surface area contributed by atoms with Gasteiger partial charge in [-0.25, -0.2) is 19.4 Å². The molecule has 2 aromatic carbocycles. The van der Waals surface area contributed by atoms with Crippen molar-refractivity contribution in [1.29, 1.82) is 0 Å². The first-order valence-corrected chi connectivity index (χ1v) is 10.8. The Labute approximate surface area is 193 Å². The first-order valence-electron chi connectivity index (χ1n) is 10.8. The molecule has 8 heteroatoms. The second kappa shape index (κ2) is 9.28. The molecule has 4 rings (SSSR count). The molecule has 0 aliphatic heterocycles. The van der Waals surface area contributed by atoms with Crippen LogP contribution in [0.5, 0.6) is 0 Å². The highest BCUT2D eigenvalue weighted by Gasteiger charge is 2.18. The Morgan fingerprint density at radius 1 is 1.06 bits per heavy atom. The number of ether oxygens (including phenoxy) is 1. The third-order valence-corrected chi connectivity index (χ3v) is 5.57. The Bertz CT molecular complexity index is 1280. The summed E-state index contributed by atoms with van der Waals surface area (Å²) in [7, 11) is 7.31. The monoisotopic (exact) mass is 444 g/mol. The van der Waals surface area contributed by atoms with E-state index in [1.165, 1.54) is 7.11 Å². The van der Waals surface area contributed by atoms with E-state index >= 15 is 0 Å². The largest absolute Gasteiger partial charge is 0.465 e. The van der Waals surface area contributed by atoms with Crippen LogP contribution in [-0.2, 0) is 24.8 Å². The first-order chi connectivity index (χ1) is 15.9. The lowest BCUT2D eigenvalue weighted by molar-refractivity contribution is 0.0600. The number of hydrogen-bond donors (Lipinski definition) is 1. The molecule has 0 bridgehead atoms. The maximum absolute atomic E-state index is 11.8. The highest BCUT2D eigenvalue weighted by molar-refractivity contribution is 5.92. The van der Waals surface area contributed by atoms with Crippen molar-refractivity contribution in [2.45, 2.75) is 19.9 Å². The van der Waals surface area contributed by atoms with E-state index in [0.717, 1.165) is 45.8 Å². The minimum absolute atomic E-state index is 0.375. The van der Waals surface area contributed by atoms with Gasteiger partial charge in [0.2, 0.25) is 0 Å². The van der Waals surface area contributed by atoms with Crippen molar-refractivity contribution in [3.8, 4) is 11.4 Å². The number of rotatable bonds is 7. The molecule has 33 heavy (non-hydrogen) atoms. The summed E-state index contributed by atoms with van der Waals surface area (Å²) >= 11 is 0. The normalized spacial score (nSPS) is 10.9. The fraction of sp³-hybridized carbons (Fsp3) is 0.280. The van der Waals surface area contributed by atoms with Gasteiger partial charge in [-0.2, -0.15) is 5.10 Å². The molecule has 0 aliphatic carbocycles. The van der Waals surface area contributed by atoms with Crippen LogP contribution in [0.25, 0.3) is 22.4 Å². The third kappa shape index (κ3) is 4.50. The summed E-state index contributed by atoms with van der Waals surface area (Å²) in [5, 5.41) is 9.07. The molecule has 0 spiro atoms. The van der Waals surface area contributed by atoms with E-state index in [4.69, 9.17) is 14.7 Å². The number of carbonyl (C=O) groups is 1. The van der Waals surface area contributed by atoms with Gasteiger partial charge in [0.25, 0.3) is 0 Å². The van der Waals surface area contributed by atoms with Gasteiger partial charge in [-0.1, -0.05) is 31.2 Å². The van der Waals surface area contributed by atoms with Crippen molar-refractivity contribution < 1.29 is 9.53 Å². The molecule has 2 aromatic heterocycles. The molecule has 4 aromatic rings. The van der Waals surface area contributed by atoms with Crippen molar-refractivity contribution in [2.24, 2.45) is 7.05 Å². The van der Waals surface area contributed by atoms with Crippen LogP contribution >= 0.6 is 0 Å². The minimum atomic E-state index is -0.375. The zero-order valence-electron chi connectivity index (χ0n) is 19.6. The van der Waals surface area contributed by atoms with Gasteiger partial charge in [0.1, 0.15) is 5.82 Å². The van der Waals surface area contributed by atoms with E-state index in [1.54, 1.807) is 16.8 Å². The van der Waals surface area contributed by atoms with Crippen molar-refractivity contribution >= 4 is 28.5 Å². The standard InChI is InChI=1S/C25H28N6O2/c1-6-20-21-23(26-15-16-7-13-19(14-8-16)30(2)3)27-22(28-24(21)31(4)29-20)17-9-11-18(12-10-17)25(32)33-5/h7-14H,6,15H2,1-5H3,(H,26,27,28). The molecule has 0 atom stereocenters. The summed E-state index contributed by atoms with van der Waals surface area (Å²) in [6.07, 6.45) is 0.778. The molecule has 2 heterocycles. The molecule has 1 N–H and O–H groups in total. The number of fused-ring (bicyclic) bond motifs is 1. The lowest BCUT2D eigenvalue weighted by atomic mass is 10.1. The fourth-order valence-corrected chi connectivity index (χ4v) is 3.70. The third-order valence-electron chi connectivity index (χ3n) is 5.57. The molecule has 8 nitrogen and oxygen atoms in total. The number of aromatic nitrogens is 4. The highest BCUT2D eigenvalue weighted by Crippen LogP contribution is 2.28. The summed E-state index contributed by atoms with van der Waals surface area (Å²) in [4.78, 5) is 23.5. The van der Waals surface area contributed by atoms with Crippen LogP contribution in [0.4, 0.5) is 11.5 Å². The molecule has 0 saturated heterocycles. The SMILES string of the molecule is CCc1nn(C)c2nc(-c3ccc(C(=O)OC)cc3)nc(NCc3ccc(N(C)C)cc3)c12. The summed E-state index contributed by atoms with van der Waals surface area (Å²) in [6, 6.07) is 15.5. The molecule has 0 amide bonds. The lowest BCUT2D eigenvalue weighted by Gasteiger charge is -2.14. The number of nitrogens with one attached hydrogen (secondary N) is 1. The molecular formula is C25H28N6O2. The molecule has 0 fully saturated rings. The van der Waals surface area contributed by atoms with Crippen molar-refractivity contribution in [3.05, 3.63) is 65.4 Å².